The molecule has 1 aliphatic heterocycles. The Balaban J connectivity index is 2.35. The molecule has 1 heterocycles. The largest absolute Gasteiger partial charge is 0.508 e. The van der Waals surface area contributed by atoms with Gasteiger partial charge in [-0.25, -0.2) is 4.79 Å². The molecule has 1 aromatic carbocycles. The highest BCUT2D eigenvalue weighted by Gasteiger charge is 2.41. The Morgan fingerprint density at radius 2 is 2.27 bits per heavy atom. The third kappa shape index (κ3) is 1.63. The van der Waals surface area contributed by atoms with Gasteiger partial charge in [0, 0.05) is 12.6 Å². The quantitative estimate of drug-likeness (QED) is 0.762. The lowest BCUT2D eigenvalue weighted by Gasteiger charge is -2.21. The van der Waals surface area contributed by atoms with Gasteiger partial charge in [-0.1, -0.05) is 12.1 Å². The average molecular weight is 207 g/mol. The Hall–Kier alpha value is -1.71. The first-order chi connectivity index (χ1) is 7.01. The number of amides is 1. The monoisotopic (exact) mass is 207 g/mol. The maximum absolute atomic E-state index is 11.3. The Bertz CT molecular complexity index is 405. The Morgan fingerprint density at radius 1 is 1.53 bits per heavy atom. The molecule has 1 amide bonds. The fraction of sp³-hybridized carbons (Fsp3) is 0.364. The number of hydrogen-bond donors (Lipinski definition) is 1. The van der Waals surface area contributed by atoms with Crippen LogP contribution in [0.4, 0.5) is 4.79 Å². The first-order valence-electron chi connectivity index (χ1n) is 4.75. The van der Waals surface area contributed by atoms with Crippen LogP contribution < -0.4 is 0 Å². The van der Waals surface area contributed by atoms with E-state index in [-0.39, 0.29) is 11.8 Å². The first kappa shape index (κ1) is 9.83. The van der Waals surface area contributed by atoms with E-state index < -0.39 is 5.60 Å². The number of rotatable bonds is 1. The van der Waals surface area contributed by atoms with Gasteiger partial charge < -0.3 is 14.7 Å². The summed E-state index contributed by atoms with van der Waals surface area (Å²) in [6, 6.07) is 6.79. The number of cyclic esters (lactones) is 1. The maximum atomic E-state index is 11.3. The van der Waals surface area contributed by atoms with Gasteiger partial charge in [-0.05, 0) is 19.1 Å². The number of ether oxygens (including phenoxy) is 1. The lowest BCUT2D eigenvalue weighted by atomic mass is 9.96. The van der Waals surface area contributed by atoms with Gasteiger partial charge in [-0.3, -0.25) is 0 Å². The van der Waals surface area contributed by atoms with Crippen molar-refractivity contribution in [2.45, 2.75) is 12.5 Å². The lowest BCUT2D eigenvalue weighted by molar-refractivity contribution is 0.0699. The summed E-state index contributed by atoms with van der Waals surface area (Å²) in [7, 11) is 1.69. The lowest BCUT2D eigenvalue weighted by Crippen LogP contribution is -2.27. The van der Waals surface area contributed by atoms with Crippen LogP contribution in [-0.4, -0.2) is 29.7 Å². The fourth-order valence-electron chi connectivity index (χ4n) is 1.81. The van der Waals surface area contributed by atoms with Crippen LogP contribution in [0.2, 0.25) is 0 Å². The summed E-state index contributed by atoms with van der Waals surface area (Å²) in [6.07, 6.45) is -0.333. The zero-order valence-corrected chi connectivity index (χ0v) is 8.73. The second-order valence-electron chi connectivity index (χ2n) is 4.01. The van der Waals surface area contributed by atoms with E-state index >= 15 is 0 Å². The highest BCUT2D eigenvalue weighted by molar-refractivity contribution is 5.70. The SMILES string of the molecule is CN1CC(C)(c2cccc(O)c2)OC1=O. The van der Waals surface area contributed by atoms with Crippen LogP contribution in [0.15, 0.2) is 24.3 Å². The minimum absolute atomic E-state index is 0.180. The predicted octanol–water partition coefficient (Wildman–Crippen LogP) is 1.69. The number of benzene rings is 1. The molecule has 1 fully saturated rings. The van der Waals surface area contributed by atoms with Crippen LogP contribution in [0.25, 0.3) is 0 Å². The second kappa shape index (κ2) is 3.15. The van der Waals surface area contributed by atoms with Gasteiger partial charge in [-0.15, -0.1) is 0 Å². The number of phenols is 1. The topological polar surface area (TPSA) is 49.8 Å². The van der Waals surface area contributed by atoms with E-state index in [1.807, 2.05) is 13.0 Å². The Kier molecular flexibility index (Phi) is 2.07. The van der Waals surface area contributed by atoms with Crippen molar-refractivity contribution in [2.24, 2.45) is 0 Å². The number of hydrogen-bond acceptors (Lipinski definition) is 3. The van der Waals surface area contributed by atoms with Crippen molar-refractivity contribution in [3.8, 4) is 5.75 Å². The average Bonchev–Trinajstić information content (AvgIpc) is 2.42. The summed E-state index contributed by atoms with van der Waals surface area (Å²) < 4.78 is 5.28. The molecule has 1 atom stereocenters. The van der Waals surface area contributed by atoms with Crippen molar-refractivity contribution in [1.29, 1.82) is 0 Å². The van der Waals surface area contributed by atoms with Crippen LogP contribution >= 0.6 is 0 Å². The van der Waals surface area contributed by atoms with Gasteiger partial charge >= 0.3 is 6.09 Å². The molecular formula is C11H13NO3. The highest BCUT2D eigenvalue weighted by Crippen LogP contribution is 2.33. The number of likely N-dealkylation sites (N-methyl/N-ethyl adjacent to an activating group) is 1. The molecule has 4 heteroatoms. The van der Waals surface area contributed by atoms with Crippen LogP contribution in [0.3, 0.4) is 0 Å². The van der Waals surface area contributed by atoms with E-state index in [1.165, 1.54) is 4.90 Å². The molecule has 1 saturated heterocycles. The van der Waals surface area contributed by atoms with Gasteiger partial charge in [0.25, 0.3) is 0 Å². The molecule has 0 radical (unpaired) electrons. The third-order valence-electron chi connectivity index (χ3n) is 2.62. The van der Waals surface area contributed by atoms with E-state index in [4.69, 9.17) is 4.74 Å². The summed E-state index contributed by atoms with van der Waals surface area (Å²) >= 11 is 0. The Labute approximate surface area is 88.1 Å². The smallest absolute Gasteiger partial charge is 0.410 e. The minimum Gasteiger partial charge on any atom is -0.508 e. The molecule has 80 valence electrons. The molecule has 1 aromatic rings. The van der Waals surface area contributed by atoms with Crippen molar-refractivity contribution in [1.82, 2.24) is 4.90 Å². The molecule has 1 unspecified atom stereocenters. The summed E-state index contributed by atoms with van der Waals surface area (Å²) in [4.78, 5) is 12.8. The highest BCUT2D eigenvalue weighted by atomic mass is 16.6. The first-order valence-corrected chi connectivity index (χ1v) is 4.75. The van der Waals surface area contributed by atoms with Gasteiger partial charge in [0.15, 0.2) is 5.60 Å². The van der Waals surface area contributed by atoms with E-state index in [0.717, 1.165) is 5.56 Å². The van der Waals surface area contributed by atoms with Crippen LogP contribution in [0.1, 0.15) is 12.5 Å². The molecule has 0 saturated carbocycles. The van der Waals surface area contributed by atoms with Gasteiger partial charge in [-0.2, -0.15) is 0 Å². The fourth-order valence-corrected chi connectivity index (χ4v) is 1.81. The molecule has 4 nitrogen and oxygen atoms in total. The standard InChI is InChI=1S/C11H13NO3/c1-11(7-12(2)10(14)15-11)8-4-3-5-9(13)6-8/h3-6,13H,7H2,1-2H3. The van der Waals surface area contributed by atoms with E-state index in [0.29, 0.717) is 6.54 Å². The second-order valence-corrected chi connectivity index (χ2v) is 4.01. The molecule has 0 spiro atoms. The van der Waals surface area contributed by atoms with Crippen molar-refractivity contribution in [2.75, 3.05) is 13.6 Å². The maximum Gasteiger partial charge on any atom is 0.410 e. The zero-order chi connectivity index (χ0) is 11.1. The zero-order valence-electron chi connectivity index (χ0n) is 8.73. The van der Waals surface area contributed by atoms with Crippen molar-refractivity contribution in [3.05, 3.63) is 29.8 Å². The van der Waals surface area contributed by atoms with Crippen LogP contribution in [0.5, 0.6) is 5.75 Å². The van der Waals surface area contributed by atoms with Gasteiger partial charge in [0.05, 0.1) is 6.54 Å². The molecule has 0 aromatic heterocycles. The summed E-state index contributed by atoms with van der Waals surface area (Å²) in [5.41, 5.74) is 0.144. The number of phenolic OH excluding ortho intramolecular Hbond substituents is 1. The molecule has 0 bridgehead atoms. The predicted molar refractivity (Wildman–Crippen MR) is 54.6 cm³/mol. The van der Waals surface area contributed by atoms with Crippen molar-refractivity contribution >= 4 is 6.09 Å². The Morgan fingerprint density at radius 3 is 2.80 bits per heavy atom. The van der Waals surface area contributed by atoms with E-state index in [9.17, 15) is 9.90 Å². The molecule has 2 rings (SSSR count). The van der Waals surface area contributed by atoms with E-state index in [2.05, 4.69) is 0 Å². The van der Waals surface area contributed by atoms with Gasteiger partial charge in [0.1, 0.15) is 5.75 Å². The number of aromatic hydroxyl groups is 1. The summed E-state index contributed by atoms with van der Waals surface area (Å²) in [5, 5.41) is 9.37. The molecule has 1 N–H and O–H groups in total. The van der Waals surface area contributed by atoms with E-state index in [1.54, 1.807) is 25.2 Å². The molecule has 0 aliphatic carbocycles. The molecule has 1 aliphatic rings. The molecular weight excluding hydrogens is 194 g/mol. The summed E-state index contributed by atoms with van der Waals surface area (Å²) in [6.45, 7) is 2.33. The summed E-state index contributed by atoms with van der Waals surface area (Å²) in [5.74, 6) is 0.180. The third-order valence-corrected chi connectivity index (χ3v) is 2.62. The number of carbonyl (C=O) groups is 1. The number of nitrogens with zero attached hydrogens (tertiary/aromatic N) is 1. The van der Waals surface area contributed by atoms with Crippen LogP contribution in [0, 0.1) is 0 Å². The van der Waals surface area contributed by atoms with Crippen LogP contribution in [-0.2, 0) is 10.3 Å². The number of carbonyl (C=O) groups excluding carboxylic acids is 1. The minimum atomic E-state index is -0.662. The van der Waals surface area contributed by atoms with Crippen molar-refractivity contribution < 1.29 is 14.6 Å². The van der Waals surface area contributed by atoms with Gasteiger partial charge in [0.2, 0.25) is 0 Å². The van der Waals surface area contributed by atoms with Crippen molar-refractivity contribution in [3.63, 3.8) is 0 Å². The molecule has 15 heavy (non-hydrogen) atoms. The normalized spacial score (nSPS) is 25.5.